The molecule has 0 aromatic rings. The van der Waals surface area contributed by atoms with Gasteiger partial charge in [-0.15, -0.1) is 0 Å². The Labute approximate surface area is 95.9 Å². The summed E-state index contributed by atoms with van der Waals surface area (Å²) < 4.78 is 4.99. The maximum Gasteiger partial charge on any atom is 0.310 e. The van der Waals surface area contributed by atoms with Gasteiger partial charge in [-0.2, -0.15) is 0 Å². The third-order valence-electron chi connectivity index (χ3n) is 3.03. The molecule has 1 heterocycles. The van der Waals surface area contributed by atoms with Crippen molar-refractivity contribution in [3.05, 3.63) is 0 Å². The first-order valence-corrected chi connectivity index (χ1v) is 5.76. The molecule has 92 valence electrons. The molecule has 5 heteroatoms. The first kappa shape index (κ1) is 13.0. The van der Waals surface area contributed by atoms with Crippen molar-refractivity contribution in [2.75, 3.05) is 19.7 Å². The Morgan fingerprint density at radius 3 is 2.81 bits per heavy atom. The molecule has 0 saturated carbocycles. The Balaban J connectivity index is 2.53. The van der Waals surface area contributed by atoms with E-state index >= 15 is 0 Å². The quantitative estimate of drug-likeness (QED) is 0.694. The van der Waals surface area contributed by atoms with Crippen LogP contribution in [0, 0.1) is 5.92 Å². The normalized spacial score (nSPS) is 23.8. The Kier molecular flexibility index (Phi) is 4.73. The predicted octanol–water partition coefficient (Wildman–Crippen LogP) is 0.135. The molecule has 5 nitrogen and oxygen atoms in total. The Morgan fingerprint density at radius 2 is 2.25 bits per heavy atom. The van der Waals surface area contributed by atoms with Gasteiger partial charge in [0, 0.05) is 6.54 Å². The van der Waals surface area contributed by atoms with Crippen LogP contribution in [-0.2, 0) is 14.3 Å². The molecule has 1 aliphatic rings. The second kappa shape index (κ2) is 5.84. The fourth-order valence-corrected chi connectivity index (χ4v) is 1.99. The summed E-state index contributed by atoms with van der Waals surface area (Å²) in [6.45, 7) is 5.37. The Bertz CT molecular complexity index is 268. The van der Waals surface area contributed by atoms with Gasteiger partial charge < -0.3 is 10.5 Å². The van der Waals surface area contributed by atoms with E-state index in [4.69, 9.17) is 10.5 Å². The van der Waals surface area contributed by atoms with Gasteiger partial charge >= 0.3 is 5.97 Å². The van der Waals surface area contributed by atoms with E-state index < -0.39 is 0 Å². The van der Waals surface area contributed by atoms with Gasteiger partial charge in [-0.3, -0.25) is 14.5 Å². The number of piperidine rings is 1. The van der Waals surface area contributed by atoms with Crippen molar-refractivity contribution in [1.82, 2.24) is 4.90 Å². The molecule has 1 amide bonds. The molecule has 0 aromatic carbocycles. The summed E-state index contributed by atoms with van der Waals surface area (Å²) in [7, 11) is 0. The lowest BCUT2D eigenvalue weighted by Gasteiger charge is -2.34. The minimum Gasteiger partial charge on any atom is -0.466 e. The second-order valence-corrected chi connectivity index (χ2v) is 4.16. The summed E-state index contributed by atoms with van der Waals surface area (Å²) in [5.74, 6) is -0.621. The van der Waals surface area contributed by atoms with E-state index in [1.54, 1.807) is 13.8 Å². The van der Waals surface area contributed by atoms with Crippen LogP contribution in [0.3, 0.4) is 0 Å². The zero-order valence-electron chi connectivity index (χ0n) is 9.94. The van der Waals surface area contributed by atoms with Gasteiger partial charge in [0.1, 0.15) is 0 Å². The molecular formula is C11H20N2O3. The van der Waals surface area contributed by atoms with Crippen LogP contribution in [0.15, 0.2) is 0 Å². The van der Waals surface area contributed by atoms with Gasteiger partial charge in [-0.05, 0) is 33.2 Å². The number of likely N-dealkylation sites (tertiary alicyclic amines) is 1. The molecule has 2 atom stereocenters. The van der Waals surface area contributed by atoms with Gasteiger partial charge in [-0.25, -0.2) is 0 Å². The number of ether oxygens (including phenoxy) is 1. The summed E-state index contributed by atoms with van der Waals surface area (Å²) >= 11 is 0. The largest absolute Gasteiger partial charge is 0.466 e. The number of carbonyl (C=O) groups excluding carboxylic acids is 2. The molecule has 16 heavy (non-hydrogen) atoms. The van der Waals surface area contributed by atoms with Crippen molar-refractivity contribution in [2.45, 2.75) is 32.7 Å². The lowest BCUT2D eigenvalue weighted by atomic mass is 9.97. The molecule has 1 aliphatic heterocycles. The minimum atomic E-state index is -0.343. The average molecular weight is 228 g/mol. The van der Waals surface area contributed by atoms with Gasteiger partial charge in [0.15, 0.2) is 0 Å². The van der Waals surface area contributed by atoms with E-state index in [9.17, 15) is 9.59 Å². The van der Waals surface area contributed by atoms with Gasteiger partial charge in [0.2, 0.25) is 5.91 Å². The SMILES string of the molecule is CCOC(=O)[C@H]1CCCN(C(C)C(N)=O)C1. The monoisotopic (exact) mass is 228 g/mol. The highest BCUT2D eigenvalue weighted by Gasteiger charge is 2.30. The van der Waals surface area contributed by atoms with Crippen molar-refractivity contribution < 1.29 is 14.3 Å². The molecule has 1 unspecified atom stereocenters. The third kappa shape index (κ3) is 3.20. The number of nitrogens with two attached hydrogens (primary N) is 1. The number of primary amides is 1. The molecule has 0 aliphatic carbocycles. The van der Waals surface area contributed by atoms with E-state index in [0.29, 0.717) is 13.2 Å². The third-order valence-corrected chi connectivity index (χ3v) is 3.03. The number of rotatable bonds is 4. The summed E-state index contributed by atoms with van der Waals surface area (Å²) in [6, 6.07) is -0.308. The molecule has 1 rings (SSSR count). The maximum absolute atomic E-state index is 11.6. The summed E-state index contributed by atoms with van der Waals surface area (Å²) in [5.41, 5.74) is 5.25. The topological polar surface area (TPSA) is 72.6 Å². The fraction of sp³-hybridized carbons (Fsp3) is 0.818. The second-order valence-electron chi connectivity index (χ2n) is 4.16. The van der Waals surface area contributed by atoms with Crippen LogP contribution in [0.5, 0.6) is 0 Å². The van der Waals surface area contributed by atoms with Gasteiger partial charge in [0.05, 0.1) is 18.6 Å². The van der Waals surface area contributed by atoms with Crippen LogP contribution in [0.2, 0.25) is 0 Å². The maximum atomic E-state index is 11.6. The van der Waals surface area contributed by atoms with Crippen LogP contribution in [-0.4, -0.2) is 42.5 Å². The summed E-state index contributed by atoms with van der Waals surface area (Å²) in [5, 5.41) is 0. The van der Waals surface area contributed by atoms with Crippen LogP contribution in [0.25, 0.3) is 0 Å². The summed E-state index contributed by atoms with van der Waals surface area (Å²) in [4.78, 5) is 24.6. The number of amides is 1. The fourth-order valence-electron chi connectivity index (χ4n) is 1.99. The zero-order valence-corrected chi connectivity index (χ0v) is 9.94. The smallest absolute Gasteiger partial charge is 0.310 e. The predicted molar refractivity (Wildman–Crippen MR) is 59.6 cm³/mol. The number of esters is 1. The van der Waals surface area contributed by atoms with Crippen molar-refractivity contribution in [2.24, 2.45) is 11.7 Å². The Morgan fingerprint density at radius 1 is 1.56 bits per heavy atom. The lowest BCUT2D eigenvalue weighted by molar-refractivity contribution is -0.150. The van der Waals surface area contributed by atoms with Crippen molar-refractivity contribution >= 4 is 11.9 Å². The average Bonchev–Trinajstić information content (AvgIpc) is 2.28. The molecule has 0 aromatic heterocycles. The number of hydrogen-bond acceptors (Lipinski definition) is 4. The first-order chi connectivity index (χ1) is 7.56. The molecule has 0 spiro atoms. The molecule has 2 N–H and O–H groups in total. The molecule has 0 radical (unpaired) electrons. The van der Waals surface area contributed by atoms with Gasteiger partial charge in [-0.1, -0.05) is 0 Å². The van der Waals surface area contributed by atoms with E-state index in [2.05, 4.69) is 0 Å². The van der Waals surface area contributed by atoms with Crippen LogP contribution in [0.4, 0.5) is 0 Å². The van der Waals surface area contributed by atoms with Crippen LogP contribution in [0.1, 0.15) is 26.7 Å². The van der Waals surface area contributed by atoms with Gasteiger partial charge in [0.25, 0.3) is 0 Å². The number of nitrogens with zero attached hydrogens (tertiary/aromatic N) is 1. The van der Waals surface area contributed by atoms with Crippen molar-refractivity contribution in [3.63, 3.8) is 0 Å². The van der Waals surface area contributed by atoms with Crippen molar-refractivity contribution in [1.29, 1.82) is 0 Å². The highest BCUT2D eigenvalue weighted by molar-refractivity contribution is 5.79. The standard InChI is InChI=1S/C11H20N2O3/c1-3-16-11(15)9-5-4-6-13(7-9)8(2)10(12)14/h8-9H,3-7H2,1-2H3,(H2,12,14)/t8?,9-/m0/s1. The number of hydrogen-bond donors (Lipinski definition) is 1. The zero-order chi connectivity index (χ0) is 12.1. The van der Waals surface area contributed by atoms with E-state index in [1.807, 2.05) is 4.90 Å². The van der Waals surface area contributed by atoms with E-state index in [0.717, 1.165) is 19.4 Å². The first-order valence-electron chi connectivity index (χ1n) is 5.76. The minimum absolute atomic E-state index is 0.115. The molecule has 0 bridgehead atoms. The van der Waals surface area contributed by atoms with E-state index in [-0.39, 0.29) is 23.8 Å². The highest BCUT2D eigenvalue weighted by atomic mass is 16.5. The highest BCUT2D eigenvalue weighted by Crippen LogP contribution is 2.19. The molecule has 1 saturated heterocycles. The summed E-state index contributed by atoms with van der Waals surface area (Å²) in [6.07, 6.45) is 1.74. The lowest BCUT2D eigenvalue weighted by Crippen LogP contribution is -2.49. The van der Waals surface area contributed by atoms with Crippen molar-refractivity contribution in [3.8, 4) is 0 Å². The molecule has 1 fully saturated rings. The van der Waals surface area contributed by atoms with Crippen LogP contribution >= 0.6 is 0 Å². The van der Waals surface area contributed by atoms with Crippen LogP contribution < -0.4 is 5.73 Å². The number of carbonyl (C=O) groups is 2. The Hall–Kier alpha value is -1.10. The molecular weight excluding hydrogens is 208 g/mol. The van der Waals surface area contributed by atoms with E-state index in [1.165, 1.54) is 0 Å².